The Balaban J connectivity index is 3.57. The molecule has 2 nitrogen and oxygen atoms in total. The first-order chi connectivity index (χ1) is 2.64. The summed E-state index contributed by atoms with van der Waals surface area (Å²) in [5.41, 5.74) is 0. The van der Waals surface area contributed by atoms with Crippen molar-refractivity contribution in [3.8, 4) is 0 Å². The summed E-state index contributed by atoms with van der Waals surface area (Å²) in [5.74, 6) is -0.713. The van der Waals surface area contributed by atoms with E-state index in [2.05, 4.69) is 0 Å². The molecule has 2 heteroatoms. The summed E-state index contributed by atoms with van der Waals surface area (Å²) in [6, 6.07) is 0. The summed E-state index contributed by atoms with van der Waals surface area (Å²) in [4.78, 5) is 19.1. The molecule has 0 aliphatic rings. The lowest BCUT2D eigenvalue weighted by atomic mass is 10.5. The molecule has 0 aromatic rings. The van der Waals surface area contributed by atoms with E-state index in [9.17, 15) is 9.59 Å². The van der Waals surface area contributed by atoms with Crippen molar-refractivity contribution >= 4 is 12.0 Å². The predicted molar refractivity (Wildman–Crippen MR) is 16.7 cm³/mol. The van der Waals surface area contributed by atoms with Gasteiger partial charge in [0.15, 0.2) is 12.0 Å². The highest BCUT2D eigenvalue weighted by Gasteiger charge is 1.76. The third kappa shape index (κ3) is 3.34. The molecule has 0 atom stereocenters. The number of hydrogen-bond acceptors (Lipinski definition) is 2. The molecule has 0 bridgehead atoms. The van der Waals surface area contributed by atoms with Crippen molar-refractivity contribution in [3.05, 3.63) is 0 Å². The van der Waals surface area contributed by atoms with E-state index in [4.69, 9.17) is 1.37 Å². The zero-order valence-corrected chi connectivity index (χ0v) is 2.82. The summed E-state index contributed by atoms with van der Waals surface area (Å²) in [7, 11) is 0. The molecular formula is C3H4O2. The van der Waals surface area contributed by atoms with Crippen molar-refractivity contribution < 1.29 is 11.0 Å². The maximum Gasteiger partial charge on any atom is 0.192 e. The minimum Gasteiger partial charge on any atom is -0.295 e. The lowest BCUT2D eigenvalue weighted by Crippen LogP contribution is -1.85. The molecule has 0 radical (unpaired) electrons. The van der Waals surface area contributed by atoms with Gasteiger partial charge in [-0.3, -0.25) is 9.59 Å². The molecule has 0 unspecified atom stereocenters. The quantitative estimate of drug-likeness (QED) is 0.318. The number of carbonyl (C=O) groups excluding carboxylic acids is 2. The molecule has 0 aromatic carbocycles. The normalized spacial score (nSPS) is 9.40. The van der Waals surface area contributed by atoms with Crippen LogP contribution in [0.3, 0.4) is 0 Å². The van der Waals surface area contributed by atoms with Gasteiger partial charge in [0.2, 0.25) is 0 Å². The first kappa shape index (κ1) is 2.57. The van der Waals surface area contributed by atoms with Gasteiger partial charge in [-0.25, -0.2) is 0 Å². The molecule has 28 valence electrons. The monoisotopic (exact) mass is 74.0 g/mol. The fourth-order valence-electron chi connectivity index (χ4n) is 0. The number of aldehydes is 1. The Labute approximate surface area is 31.2 Å². The van der Waals surface area contributed by atoms with E-state index in [0.29, 0.717) is 0 Å². The summed E-state index contributed by atoms with van der Waals surface area (Å²) in [5, 5.41) is 0. The van der Waals surface area contributed by atoms with Gasteiger partial charge in [0, 0.05) is 6.92 Å². The minimum absolute atomic E-state index is 0.713. The van der Waals surface area contributed by atoms with Crippen LogP contribution in [0.5, 0.6) is 0 Å². The van der Waals surface area contributed by atoms with Crippen LogP contribution in [-0.4, -0.2) is 12.0 Å². The predicted octanol–water partition coefficient (Wildman–Crippen LogP) is -0.226. The highest BCUT2D eigenvalue weighted by atomic mass is 16.2. The summed E-state index contributed by atoms with van der Waals surface area (Å²) in [6.45, 7) is 1.06. The molecule has 0 aliphatic carbocycles. The third-order valence-electron chi connectivity index (χ3n) is 0.144. The van der Waals surface area contributed by atoms with Crippen molar-refractivity contribution in [2.75, 3.05) is 0 Å². The molecule has 0 saturated heterocycles. The molecule has 0 heterocycles. The van der Waals surface area contributed by atoms with Crippen LogP contribution in [0.1, 0.15) is 8.29 Å². The fraction of sp³-hybridized carbons (Fsp3) is 0.333. The van der Waals surface area contributed by atoms with Gasteiger partial charge in [-0.15, -0.1) is 0 Å². The summed E-state index contributed by atoms with van der Waals surface area (Å²) >= 11 is 0. The van der Waals surface area contributed by atoms with Crippen LogP contribution in [0.15, 0.2) is 0 Å². The van der Waals surface area contributed by atoms with Crippen LogP contribution in [0, 0.1) is 0 Å². The average Bonchev–Trinajstić information content (AvgIpc) is 1.36. The lowest BCUT2D eigenvalue weighted by Gasteiger charge is -1.57. The molecule has 0 N–H and O–H groups in total. The van der Waals surface area contributed by atoms with E-state index < -0.39 is 12.0 Å². The van der Waals surface area contributed by atoms with Crippen LogP contribution < -0.4 is 0 Å². The van der Waals surface area contributed by atoms with Crippen molar-refractivity contribution in [2.45, 2.75) is 6.92 Å². The fourth-order valence-corrected chi connectivity index (χ4v) is 0. The molecule has 0 aromatic heterocycles. The number of rotatable bonds is 1. The lowest BCUT2D eigenvalue weighted by molar-refractivity contribution is -0.128. The van der Waals surface area contributed by atoms with E-state index >= 15 is 0 Å². The molecule has 0 spiro atoms. The topological polar surface area (TPSA) is 34.1 Å². The first-order valence-corrected chi connectivity index (χ1v) is 1.16. The number of carbonyl (C=O) groups is 2. The Bertz CT molecular complexity index is 74.8. The van der Waals surface area contributed by atoms with Gasteiger partial charge in [0.25, 0.3) is 0 Å². The zero-order chi connectivity index (χ0) is 5.15. The molecular weight excluding hydrogens is 68.0 g/mol. The second-order valence-corrected chi connectivity index (χ2v) is 0.658. The second kappa shape index (κ2) is 1.64. The van der Waals surface area contributed by atoms with Crippen molar-refractivity contribution in [1.29, 1.82) is 0 Å². The number of ketones is 1. The highest BCUT2D eigenvalue weighted by molar-refractivity contribution is 6.23. The van der Waals surface area contributed by atoms with Crippen LogP contribution in [0.2, 0.25) is 0 Å². The van der Waals surface area contributed by atoms with Gasteiger partial charge in [0.05, 0.1) is 0 Å². The molecule has 0 amide bonds. The van der Waals surface area contributed by atoms with Crippen LogP contribution in [0.4, 0.5) is 0 Å². The third-order valence-corrected chi connectivity index (χ3v) is 0.144. The zero-order valence-electron chi connectivity index (χ0n) is 3.82. The van der Waals surface area contributed by atoms with Gasteiger partial charge >= 0.3 is 0 Å². The highest BCUT2D eigenvalue weighted by Crippen LogP contribution is 1.48. The van der Waals surface area contributed by atoms with Crippen molar-refractivity contribution in [2.24, 2.45) is 0 Å². The Morgan fingerprint density at radius 2 is 2.40 bits per heavy atom. The molecule has 0 saturated carbocycles. The van der Waals surface area contributed by atoms with Gasteiger partial charge in [-0.05, 0) is 0 Å². The second-order valence-electron chi connectivity index (χ2n) is 0.658. The number of Topliss-reactive ketones (excluding diaryl/α,β-unsaturated/α-hetero) is 1. The van der Waals surface area contributed by atoms with Crippen LogP contribution >= 0.6 is 0 Å². The van der Waals surface area contributed by atoms with E-state index in [-0.39, 0.29) is 0 Å². The van der Waals surface area contributed by atoms with Gasteiger partial charge < -0.3 is 0 Å². The maximum absolute atomic E-state index is 9.61. The maximum atomic E-state index is 9.61. The van der Waals surface area contributed by atoms with E-state index in [0.717, 1.165) is 6.92 Å². The van der Waals surface area contributed by atoms with E-state index in [1.54, 1.807) is 0 Å². The minimum atomic E-state index is -1.13. The standard InChI is InChI=1S/C3H4O2/c1-3(5)2-4/h2H,1H3/i2T. The number of hydrogen-bond donors (Lipinski definition) is 0. The van der Waals surface area contributed by atoms with Crippen LogP contribution in [0.25, 0.3) is 0 Å². The SMILES string of the molecule is [3H]C(=O)C(C)=O. The Morgan fingerprint density at radius 1 is 2.20 bits per heavy atom. The van der Waals surface area contributed by atoms with Gasteiger partial charge in [-0.2, -0.15) is 0 Å². The summed E-state index contributed by atoms with van der Waals surface area (Å²) < 4.78 is 6.04. The van der Waals surface area contributed by atoms with Crippen LogP contribution in [-0.2, 0) is 9.59 Å². The summed E-state index contributed by atoms with van der Waals surface area (Å²) in [6.07, 6.45) is -1.13. The molecule has 5 heavy (non-hydrogen) atoms. The smallest absolute Gasteiger partial charge is 0.192 e. The molecule has 0 aliphatic heterocycles. The average molecular weight is 74.1 g/mol. The van der Waals surface area contributed by atoms with Gasteiger partial charge in [0.1, 0.15) is 1.37 Å². The Hall–Kier alpha value is -0.660. The largest absolute Gasteiger partial charge is 0.295 e. The Kier molecular flexibility index (Phi) is 0.843. The van der Waals surface area contributed by atoms with Gasteiger partial charge in [-0.1, -0.05) is 0 Å². The van der Waals surface area contributed by atoms with E-state index in [1.807, 2.05) is 0 Å². The first-order valence-electron chi connectivity index (χ1n) is 1.66. The Morgan fingerprint density at radius 3 is 2.40 bits per heavy atom. The molecule has 0 rings (SSSR count). The molecule has 0 fully saturated rings. The van der Waals surface area contributed by atoms with Crippen molar-refractivity contribution in [3.63, 3.8) is 0 Å². The van der Waals surface area contributed by atoms with E-state index in [1.165, 1.54) is 0 Å². The van der Waals surface area contributed by atoms with Crippen molar-refractivity contribution in [1.82, 2.24) is 0 Å².